The summed E-state index contributed by atoms with van der Waals surface area (Å²) in [5, 5.41) is 0. The summed E-state index contributed by atoms with van der Waals surface area (Å²) in [6.45, 7) is 7.22. The quantitative estimate of drug-likeness (QED) is 0.786. The van der Waals surface area contributed by atoms with Gasteiger partial charge in [-0.3, -0.25) is 9.59 Å². The Hall–Kier alpha value is -1.10. The molecule has 0 radical (unpaired) electrons. The molecule has 0 aromatic carbocycles. The van der Waals surface area contributed by atoms with Gasteiger partial charge in [-0.1, -0.05) is 6.92 Å². The van der Waals surface area contributed by atoms with E-state index in [0.717, 1.165) is 84.3 Å². The maximum Gasteiger partial charge on any atom is 0.228 e. The summed E-state index contributed by atoms with van der Waals surface area (Å²) in [5.74, 6) is 2.14. The zero-order chi connectivity index (χ0) is 17.4. The lowest BCUT2D eigenvalue weighted by Gasteiger charge is -2.47. The Bertz CT molecular complexity index is 521. The van der Waals surface area contributed by atoms with Crippen LogP contribution in [0.5, 0.6) is 0 Å². The van der Waals surface area contributed by atoms with Crippen LogP contribution in [-0.4, -0.2) is 61.0 Å². The van der Waals surface area contributed by atoms with E-state index < -0.39 is 0 Å². The van der Waals surface area contributed by atoms with E-state index >= 15 is 0 Å². The first-order valence-electron chi connectivity index (χ1n) is 10.2. The Kier molecular flexibility index (Phi) is 4.78. The predicted molar refractivity (Wildman–Crippen MR) is 94.9 cm³/mol. The molecule has 0 N–H and O–H groups in total. The van der Waals surface area contributed by atoms with Crippen molar-refractivity contribution in [3.05, 3.63) is 0 Å². The number of ether oxygens (including phenoxy) is 1. The maximum absolute atomic E-state index is 13.2. The number of likely N-dealkylation sites (tertiary alicyclic amines) is 2. The van der Waals surface area contributed by atoms with Crippen molar-refractivity contribution >= 4 is 11.8 Å². The summed E-state index contributed by atoms with van der Waals surface area (Å²) in [5.41, 5.74) is -0.185. The fourth-order valence-electron chi connectivity index (χ4n) is 5.09. The van der Waals surface area contributed by atoms with Crippen molar-refractivity contribution in [2.24, 2.45) is 23.2 Å². The Balaban J connectivity index is 1.35. The van der Waals surface area contributed by atoms with E-state index in [1.165, 1.54) is 0 Å². The molecule has 140 valence electrons. The fraction of sp³-hybridized carbons (Fsp3) is 0.900. The molecule has 0 aromatic heterocycles. The van der Waals surface area contributed by atoms with E-state index in [-0.39, 0.29) is 11.3 Å². The van der Waals surface area contributed by atoms with E-state index in [2.05, 4.69) is 11.8 Å². The molecule has 3 saturated heterocycles. The number of piperidine rings is 2. The number of rotatable bonds is 3. The summed E-state index contributed by atoms with van der Waals surface area (Å²) in [6, 6.07) is 0. The molecular formula is C20H32N2O3. The normalized spacial score (nSPS) is 32.9. The van der Waals surface area contributed by atoms with Crippen molar-refractivity contribution in [1.82, 2.24) is 9.80 Å². The van der Waals surface area contributed by atoms with Crippen molar-refractivity contribution in [3.63, 3.8) is 0 Å². The van der Waals surface area contributed by atoms with Crippen LogP contribution >= 0.6 is 0 Å². The van der Waals surface area contributed by atoms with Crippen LogP contribution in [0.2, 0.25) is 0 Å². The SMILES string of the molecule is C[C@H]1C[C@@H]1C(=O)N1CCC2(CCCN(CC3CCOCC3)C2=O)CC1. The van der Waals surface area contributed by atoms with Crippen molar-refractivity contribution in [2.45, 2.75) is 51.9 Å². The van der Waals surface area contributed by atoms with Gasteiger partial charge in [-0.15, -0.1) is 0 Å². The molecule has 4 fully saturated rings. The summed E-state index contributed by atoms with van der Waals surface area (Å²) in [7, 11) is 0. The van der Waals surface area contributed by atoms with Gasteiger partial charge in [-0.2, -0.15) is 0 Å². The standard InChI is InChI=1S/C20H32N2O3/c1-15-13-17(15)18(23)21-9-6-20(7-10-21)5-2-8-22(19(20)24)14-16-3-11-25-12-4-16/h15-17H,2-14H2,1H3/t15-,17-/m0/s1. The van der Waals surface area contributed by atoms with Crippen molar-refractivity contribution in [3.8, 4) is 0 Å². The monoisotopic (exact) mass is 348 g/mol. The largest absolute Gasteiger partial charge is 0.381 e. The van der Waals surface area contributed by atoms with Crippen LogP contribution in [0.3, 0.4) is 0 Å². The summed E-state index contributed by atoms with van der Waals surface area (Å²) in [6.07, 6.45) is 7.07. The Morgan fingerprint density at radius 2 is 1.84 bits per heavy atom. The van der Waals surface area contributed by atoms with E-state index in [1.54, 1.807) is 0 Å². The fourth-order valence-corrected chi connectivity index (χ4v) is 5.09. The highest BCUT2D eigenvalue weighted by Crippen LogP contribution is 2.44. The van der Waals surface area contributed by atoms with Crippen LogP contribution in [0.4, 0.5) is 0 Å². The second-order valence-corrected chi connectivity index (χ2v) is 8.84. The first-order chi connectivity index (χ1) is 12.1. The lowest BCUT2D eigenvalue weighted by Crippen LogP contribution is -2.55. The minimum Gasteiger partial charge on any atom is -0.381 e. The van der Waals surface area contributed by atoms with Gasteiger partial charge in [0.15, 0.2) is 0 Å². The third kappa shape index (κ3) is 3.44. The van der Waals surface area contributed by atoms with E-state index in [1.807, 2.05) is 4.90 Å². The van der Waals surface area contributed by atoms with E-state index in [0.29, 0.717) is 23.7 Å². The molecule has 3 heterocycles. The minimum absolute atomic E-state index is 0.185. The molecule has 2 amide bonds. The van der Waals surface area contributed by atoms with Gasteiger partial charge in [0.1, 0.15) is 0 Å². The van der Waals surface area contributed by atoms with Gasteiger partial charge >= 0.3 is 0 Å². The highest BCUT2D eigenvalue weighted by Gasteiger charge is 2.48. The molecule has 4 aliphatic rings. The first-order valence-corrected chi connectivity index (χ1v) is 10.2. The molecule has 1 saturated carbocycles. The summed E-state index contributed by atoms with van der Waals surface area (Å²) >= 11 is 0. The van der Waals surface area contributed by atoms with Crippen LogP contribution in [0.1, 0.15) is 51.9 Å². The highest BCUT2D eigenvalue weighted by atomic mass is 16.5. The number of carbonyl (C=O) groups is 2. The third-order valence-electron chi connectivity index (χ3n) is 7.10. The Morgan fingerprint density at radius 3 is 2.48 bits per heavy atom. The molecule has 4 rings (SSSR count). The Labute approximate surface area is 151 Å². The summed E-state index contributed by atoms with van der Waals surface area (Å²) < 4.78 is 5.45. The second-order valence-electron chi connectivity index (χ2n) is 8.84. The van der Waals surface area contributed by atoms with Gasteiger partial charge < -0.3 is 14.5 Å². The lowest BCUT2D eigenvalue weighted by molar-refractivity contribution is -0.154. The molecule has 1 aliphatic carbocycles. The molecule has 2 atom stereocenters. The molecule has 1 spiro atoms. The zero-order valence-electron chi connectivity index (χ0n) is 15.5. The van der Waals surface area contributed by atoms with E-state index in [9.17, 15) is 9.59 Å². The number of hydrogen-bond donors (Lipinski definition) is 0. The van der Waals surface area contributed by atoms with Crippen LogP contribution in [0.15, 0.2) is 0 Å². The maximum atomic E-state index is 13.2. The average molecular weight is 348 g/mol. The van der Waals surface area contributed by atoms with Crippen molar-refractivity contribution in [2.75, 3.05) is 39.4 Å². The van der Waals surface area contributed by atoms with E-state index in [4.69, 9.17) is 4.74 Å². The number of amides is 2. The zero-order valence-corrected chi connectivity index (χ0v) is 15.5. The molecule has 0 unspecified atom stereocenters. The van der Waals surface area contributed by atoms with Crippen molar-refractivity contribution in [1.29, 1.82) is 0 Å². The molecule has 5 nitrogen and oxygen atoms in total. The van der Waals surface area contributed by atoms with Gasteiger partial charge in [0.25, 0.3) is 0 Å². The first kappa shape index (κ1) is 17.3. The highest BCUT2D eigenvalue weighted by molar-refractivity contribution is 5.85. The molecule has 0 bridgehead atoms. The van der Waals surface area contributed by atoms with Gasteiger partial charge in [0.05, 0.1) is 5.41 Å². The van der Waals surface area contributed by atoms with Crippen LogP contribution in [0, 0.1) is 23.2 Å². The van der Waals surface area contributed by atoms with Crippen LogP contribution in [-0.2, 0) is 14.3 Å². The van der Waals surface area contributed by atoms with Gasteiger partial charge in [0.2, 0.25) is 11.8 Å². The van der Waals surface area contributed by atoms with Crippen LogP contribution in [0.25, 0.3) is 0 Å². The smallest absolute Gasteiger partial charge is 0.228 e. The Morgan fingerprint density at radius 1 is 1.16 bits per heavy atom. The second kappa shape index (κ2) is 6.90. The number of carbonyl (C=O) groups excluding carboxylic acids is 2. The number of hydrogen-bond acceptors (Lipinski definition) is 3. The molecule has 25 heavy (non-hydrogen) atoms. The van der Waals surface area contributed by atoms with Gasteiger partial charge in [-0.05, 0) is 56.8 Å². The van der Waals surface area contributed by atoms with Gasteiger partial charge in [0, 0.05) is 45.3 Å². The molecule has 3 aliphatic heterocycles. The number of nitrogens with zero attached hydrogens (tertiary/aromatic N) is 2. The molecular weight excluding hydrogens is 316 g/mol. The van der Waals surface area contributed by atoms with Gasteiger partial charge in [-0.25, -0.2) is 0 Å². The van der Waals surface area contributed by atoms with Crippen molar-refractivity contribution < 1.29 is 14.3 Å². The predicted octanol–water partition coefficient (Wildman–Crippen LogP) is 2.30. The molecule has 0 aromatic rings. The average Bonchev–Trinajstić information content (AvgIpc) is 3.37. The van der Waals surface area contributed by atoms with Crippen LogP contribution < -0.4 is 0 Å². The topological polar surface area (TPSA) is 49.9 Å². The minimum atomic E-state index is -0.185. The molecule has 5 heteroatoms. The lowest BCUT2D eigenvalue weighted by atomic mass is 9.71. The third-order valence-corrected chi connectivity index (χ3v) is 7.10. The summed E-state index contributed by atoms with van der Waals surface area (Å²) in [4.78, 5) is 29.9.